The van der Waals surface area contributed by atoms with Crippen molar-refractivity contribution in [2.75, 3.05) is 26.4 Å². The first kappa shape index (κ1) is 20.0. The Bertz CT molecular complexity index is 726. The van der Waals surface area contributed by atoms with Gasteiger partial charge in [-0.25, -0.2) is 4.99 Å². The van der Waals surface area contributed by atoms with Gasteiger partial charge in [0.15, 0.2) is 17.5 Å². The average Bonchev–Trinajstić information content (AvgIpc) is 3.41. The molecule has 0 aromatic heterocycles. The summed E-state index contributed by atoms with van der Waals surface area (Å²) in [7, 11) is 0. The summed E-state index contributed by atoms with van der Waals surface area (Å²) in [6.45, 7) is 0.689. The maximum atomic E-state index is 12.7. The van der Waals surface area contributed by atoms with Crippen LogP contribution in [0.1, 0.15) is 25.3 Å². The van der Waals surface area contributed by atoms with Crippen molar-refractivity contribution >= 4 is 11.9 Å². The van der Waals surface area contributed by atoms with Gasteiger partial charge >= 0.3 is 6.61 Å². The van der Waals surface area contributed by atoms with Crippen molar-refractivity contribution in [1.82, 2.24) is 16.0 Å². The highest BCUT2D eigenvalue weighted by Gasteiger charge is 2.29. The number of halogens is 2. The van der Waals surface area contributed by atoms with Gasteiger partial charge in [-0.05, 0) is 25.8 Å². The van der Waals surface area contributed by atoms with E-state index >= 15 is 0 Å². The fourth-order valence-electron chi connectivity index (χ4n) is 2.66. The molecule has 1 fully saturated rings. The van der Waals surface area contributed by atoms with Gasteiger partial charge in [-0.15, -0.1) is 0 Å². The molecule has 1 aliphatic heterocycles. The van der Waals surface area contributed by atoms with Crippen molar-refractivity contribution in [3.8, 4) is 17.2 Å². The first-order valence-electron chi connectivity index (χ1n) is 9.24. The van der Waals surface area contributed by atoms with E-state index in [9.17, 15) is 13.6 Å². The summed E-state index contributed by atoms with van der Waals surface area (Å²) in [6, 6.07) is 2.97. The standard InChI is InChI=1S/C18H24F2N4O4/c1-2-21-18(23-6-5-22-16(25)11-3-4-11)24-9-12-7-14-15(27-10-26-14)8-13(12)28-17(19)20/h7-8,11,17H,2-6,9-10H2,1H3,(H,22,25)(H2,21,23,24). The molecule has 8 nitrogen and oxygen atoms in total. The number of fused-ring (bicyclic) bond motifs is 1. The second kappa shape index (κ2) is 9.43. The van der Waals surface area contributed by atoms with E-state index in [1.807, 2.05) is 6.92 Å². The van der Waals surface area contributed by atoms with E-state index < -0.39 is 6.61 Å². The van der Waals surface area contributed by atoms with Gasteiger partial charge in [0.05, 0.1) is 6.54 Å². The van der Waals surface area contributed by atoms with Gasteiger partial charge in [0.1, 0.15) is 5.75 Å². The quantitative estimate of drug-likeness (QED) is 0.332. The summed E-state index contributed by atoms with van der Waals surface area (Å²) < 4.78 is 40.5. The van der Waals surface area contributed by atoms with E-state index in [-0.39, 0.29) is 30.9 Å². The summed E-state index contributed by atoms with van der Waals surface area (Å²) in [6.07, 6.45) is 1.92. The molecule has 10 heteroatoms. The lowest BCUT2D eigenvalue weighted by atomic mass is 10.1. The molecule has 28 heavy (non-hydrogen) atoms. The van der Waals surface area contributed by atoms with Crippen LogP contribution in [0.4, 0.5) is 8.78 Å². The zero-order chi connectivity index (χ0) is 19.9. The van der Waals surface area contributed by atoms with Crippen LogP contribution in [0.5, 0.6) is 17.2 Å². The smallest absolute Gasteiger partial charge is 0.387 e. The second-order valence-corrected chi connectivity index (χ2v) is 6.38. The minimum absolute atomic E-state index is 0.00412. The molecular weight excluding hydrogens is 374 g/mol. The lowest BCUT2D eigenvalue weighted by Crippen LogP contribution is -2.41. The molecule has 3 rings (SSSR count). The van der Waals surface area contributed by atoms with Crippen LogP contribution >= 0.6 is 0 Å². The number of nitrogens with one attached hydrogen (secondary N) is 3. The lowest BCUT2D eigenvalue weighted by Gasteiger charge is -2.13. The van der Waals surface area contributed by atoms with Crippen molar-refractivity contribution in [2.45, 2.75) is 32.9 Å². The number of hydrogen-bond donors (Lipinski definition) is 3. The number of amides is 1. The Kier molecular flexibility index (Phi) is 6.72. The number of carbonyl (C=O) groups excluding carboxylic acids is 1. The zero-order valence-electron chi connectivity index (χ0n) is 15.6. The van der Waals surface area contributed by atoms with Gasteiger partial charge in [-0.3, -0.25) is 4.79 Å². The fourth-order valence-corrected chi connectivity index (χ4v) is 2.66. The van der Waals surface area contributed by atoms with Gasteiger partial charge in [-0.2, -0.15) is 8.78 Å². The number of carbonyl (C=O) groups is 1. The molecule has 154 valence electrons. The number of nitrogens with zero attached hydrogens (tertiary/aromatic N) is 1. The molecule has 2 aliphatic rings. The maximum Gasteiger partial charge on any atom is 0.387 e. The molecule has 1 saturated carbocycles. The van der Waals surface area contributed by atoms with Gasteiger partial charge in [0.2, 0.25) is 12.7 Å². The van der Waals surface area contributed by atoms with E-state index in [4.69, 9.17) is 9.47 Å². The minimum atomic E-state index is -2.95. The van der Waals surface area contributed by atoms with E-state index in [1.54, 1.807) is 6.07 Å². The first-order valence-corrected chi connectivity index (χ1v) is 9.24. The van der Waals surface area contributed by atoms with Gasteiger partial charge in [0, 0.05) is 37.2 Å². The van der Waals surface area contributed by atoms with Crippen LogP contribution < -0.4 is 30.2 Å². The number of hydrogen-bond acceptors (Lipinski definition) is 5. The number of ether oxygens (including phenoxy) is 3. The molecule has 1 aromatic rings. The molecule has 1 amide bonds. The number of rotatable bonds is 9. The Morgan fingerprint density at radius 1 is 1.21 bits per heavy atom. The molecule has 1 aromatic carbocycles. The molecule has 0 bridgehead atoms. The molecule has 1 aliphatic carbocycles. The van der Waals surface area contributed by atoms with Crippen LogP contribution in [0, 0.1) is 5.92 Å². The van der Waals surface area contributed by atoms with Crippen LogP contribution in [-0.2, 0) is 11.3 Å². The predicted octanol–water partition coefficient (Wildman–Crippen LogP) is 1.60. The SMILES string of the molecule is CCNC(=NCc1cc2c(cc1OC(F)F)OCO2)NCCNC(=O)C1CC1. The molecule has 0 atom stereocenters. The Morgan fingerprint density at radius 2 is 1.93 bits per heavy atom. The van der Waals surface area contributed by atoms with Crippen LogP contribution in [-0.4, -0.2) is 44.9 Å². The Morgan fingerprint density at radius 3 is 2.61 bits per heavy atom. The third-order valence-electron chi connectivity index (χ3n) is 4.19. The Hall–Kier alpha value is -2.78. The van der Waals surface area contributed by atoms with Gasteiger partial charge in [-0.1, -0.05) is 0 Å². The van der Waals surface area contributed by atoms with Crippen molar-refractivity contribution in [3.63, 3.8) is 0 Å². The van der Waals surface area contributed by atoms with Gasteiger partial charge < -0.3 is 30.2 Å². The first-order chi connectivity index (χ1) is 13.6. The van der Waals surface area contributed by atoms with E-state index in [2.05, 4.69) is 25.7 Å². The Labute approximate surface area is 161 Å². The Balaban J connectivity index is 1.60. The third-order valence-corrected chi connectivity index (χ3v) is 4.19. The number of guanidine groups is 1. The molecule has 3 N–H and O–H groups in total. The maximum absolute atomic E-state index is 12.7. The van der Waals surface area contributed by atoms with Crippen molar-refractivity contribution < 1.29 is 27.8 Å². The van der Waals surface area contributed by atoms with E-state index in [0.29, 0.717) is 42.7 Å². The lowest BCUT2D eigenvalue weighted by molar-refractivity contribution is -0.122. The highest BCUT2D eigenvalue weighted by atomic mass is 19.3. The second-order valence-electron chi connectivity index (χ2n) is 6.38. The average molecular weight is 398 g/mol. The van der Waals surface area contributed by atoms with Crippen molar-refractivity contribution in [3.05, 3.63) is 17.7 Å². The number of aliphatic imine (C=N–C) groups is 1. The molecule has 0 radical (unpaired) electrons. The normalized spacial score (nSPS) is 15.5. The van der Waals surface area contributed by atoms with Crippen molar-refractivity contribution in [1.29, 1.82) is 0 Å². The molecule has 1 heterocycles. The summed E-state index contributed by atoms with van der Waals surface area (Å²) in [4.78, 5) is 16.0. The topological polar surface area (TPSA) is 93.2 Å². The zero-order valence-corrected chi connectivity index (χ0v) is 15.6. The predicted molar refractivity (Wildman–Crippen MR) is 97.7 cm³/mol. The summed E-state index contributed by atoms with van der Waals surface area (Å²) in [5.74, 6) is 1.57. The number of alkyl halides is 2. The van der Waals surface area contributed by atoms with Crippen molar-refractivity contribution in [2.24, 2.45) is 10.9 Å². The van der Waals surface area contributed by atoms with Crippen LogP contribution in [0.2, 0.25) is 0 Å². The minimum Gasteiger partial charge on any atom is -0.454 e. The molecule has 0 unspecified atom stereocenters. The molecular formula is C18H24F2N4O4. The highest BCUT2D eigenvalue weighted by molar-refractivity contribution is 5.81. The van der Waals surface area contributed by atoms with Gasteiger partial charge in [0.25, 0.3) is 0 Å². The number of benzene rings is 1. The van der Waals surface area contributed by atoms with Crippen LogP contribution in [0.25, 0.3) is 0 Å². The largest absolute Gasteiger partial charge is 0.454 e. The monoisotopic (exact) mass is 398 g/mol. The van der Waals surface area contributed by atoms with E-state index in [0.717, 1.165) is 12.8 Å². The van der Waals surface area contributed by atoms with Crippen LogP contribution in [0.3, 0.4) is 0 Å². The summed E-state index contributed by atoms with van der Waals surface area (Å²) >= 11 is 0. The third kappa shape index (κ3) is 5.61. The molecule has 0 spiro atoms. The fraction of sp³-hybridized carbons (Fsp3) is 0.556. The summed E-state index contributed by atoms with van der Waals surface area (Å²) in [5.41, 5.74) is 0.448. The van der Waals surface area contributed by atoms with E-state index in [1.165, 1.54) is 6.07 Å². The van der Waals surface area contributed by atoms with Crippen LogP contribution in [0.15, 0.2) is 17.1 Å². The highest BCUT2D eigenvalue weighted by Crippen LogP contribution is 2.39. The molecule has 0 saturated heterocycles. The summed E-state index contributed by atoms with van der Waals surface area (Å²) in [5, 5.41) is 9.02.